The van der Waals surface area contributed by atoms with E-state index in [-0.39, 0.29) is 16.8 Å². The summed E-state index contributed by atoms with van der Waals surface area (Å²) in [6.45, 7) is 1.10. The summed E-state index contributed by atoms with van der Waals surface area (Å²) < 4.78 is 5.90. The highest BCUT2D eigenvalue weighted by molar-refractivity contribution is 9.10. The van der Waals surface area contributed by atoms with Crippen molar-refractivity contribution in [3.05, 3.63) is 132 Å². The zero-order chi connectivity index (χ0) is 32.0. The van der Waals surface area contributed by atoms with Crippen LogP contribution in [0.4, 0.5) is 11.4 Å². The Morgan fingerprint density at radius 2 is 1.62 bits per heavy atom. The third kappa shape index (κ3) is 5.36. The number of ether oxygens (including phenoxy) is 1. The van der Waals surface area contributed by atoms with Crippen molar-refractivity contribution in [2.75, 3.05) is 11.5 Å². The van der Waals surface area contributed by atoms with Gasteiger partial charge in [0.2, 0.25) is 5.78 Å². The Morgan fingerprint density at radius 1 is 0.956 bits per heavy atom. The SMILES string of the molecule is Cc1c(Cl)c(Br)cc2c(C(=O)OCC(=O)c3cccc([N+](=O)[O-])c3)cc(-c3ccc(N4C(=O)c5ccccc5C4=O)cc3)nc12. The lowest BCUT2D eigenvalue weighted by molar-refractivity contribution is -0.384. The third-order valence-corrected chi connectivity index (χ3v) is 8.71. The molecule has 0 saturated carbocycles. The molecule has 0 fully saturated rings. The number of imide groups is 1. The number of anilines is 1. The number of nitro groups is 1. The Balaban J connectivity index is 1.33. The van der Waals surface area contributed by atoms with Crippen LogP contribution in [-0.4, -0.2) is 40.1 Å². The van der Waals surface area contributed by atoms with E-state index in [1.165, 1.54) is 24.3 Å². The van der Waals surface area contributed by atoms with Gasteiger partial charge < -0.3 is 4.74 Å². The number of esters is 1. The van der Waals surface area contributed by atoms with E-state index in [1.54, 1.807) is 61.5 Å². The van der Waals surface area contributed by atoms with Gasteiger partial charge >= 0.3 is 5.97 Å². The van der Waals surface area contributed by atoms with Crippen LogP contribution in [0.15, 0.2) is 89.4 Å². The minimum Gasteiger partial charge on any atom is -0.454 e. The molecule has 10 nitrogen and oxygen atoms in total. The monoisotopic (exact) mass is 683 g/mol. The summed E-state index contributed by atoms with van der Waals surface area (Å²) in [6.07, 6.45) is 0. The van der Waals surface area contributed by atoms with Crippen LogP contribution in [0.3, 0.4) is 0 Å². The van der Waals surface area contributed by atoms with Crippen molar-refractivity contribution in [1.82, 2.24) is 4.98 Å². The number of pyridine rings is 1. The van der Waals surface area contributed by atoms with Gasteiger partial charge in [-0.1, -0.05) is 48.0 Å². The van der Waals surface area contributed by atoms with E-state index >= 15 is 0 Å². The van der Waals surface area contributed by atoms with E-state index in [9.17, 15) is 29.3 Å². The summed E-state index contributed by atoms with van der Waals surface area (Å²) in [5.74, 6) is -2.28. The van der Waals surface area contributed by atoms with Gasteiger partial charge in [0.15, 0.2) is 6.61 Å². The van der Waals surface area contributed by atoms with Gasteiger partial charge in [0, 0.05) is 33.1 Å². The normalized spacial score (nSPS) is 12.4. The molecule has 4 aromatic carbocycles. The van der Waals surface area contributed by atoms with Gasteiger partial charge in [0.1, 0.15) is 0 Å². The van der Waals surface area contributed by atoms with E-state index in [2.05, 4.69) is 15.9 Å². The Labute approximate surface area is 268 Å². The molecule has 1 aliphatic rings. The number of carbonyl (C=O) groups excluding carboxylic acids is 4. The van der Waals surface area contributed by atoms with Crippen LogP contribution in [0, 0.1) is 17.0 Å². The number of rotatable bonds is 7. The number of ketones is 1. The predicted octanol–water partition coefficient (Wildman–Crippen LogP) is 7.37. The van der Waals surface area contributed by atoms with Crippen molar-refractivity contribution >= 4 is 73.4 Å². The van der Waals surface area contributed by atoms with Crippen LogP contribution < -0.4 is 4.90 Å². The van der Waals surface area contributed by atoms with Crippen LogP contribution >= 0.6 is 27.5 Å². The van der Waals surface area contributed by atoms with E-state index in [0.717, 1.165) is 11.0 Å². The summed E-state index contributed by atoms with van der Waals surface area (Å²) in [4.78, 5) is 68.4. The standard InChI is InChI=1S/C33H19BrClN3O7/c1-17-29(35)26(34)14-24-25(33(42)45-16-28(39)19-5-4-6-21(13-19)38(43)44)15-27(36-30(17)24)18-9-11-20(12-10-18)37-31(40)22-7-2-3-8-23(22)32(37)41/h2-15H,16H2,1H3. The van der Waals surface area contributed by atoms with Crippen LogP contribution in [0.5, 0.6) is 0 Å². The molecule has 0 spiro atoms. The fraction of sp³-hybridized carbons (Fsp3) is 0.0606. The Hall–Kier alpha value is -5.26. The molecule has 0 N–H and O–H groups in total. The highest BCUT2D eigenvalue weighted by Crippen LogP contribution is 2.36. The highest BCUT2D eigenvalue weighted by atomic mass is 79.9. The van der Waals surface area contributed by atoms with Crippen molar-refractivity contribution in [1.29, 1.82) is 0 Å². The number of non-ortho nitro benzene ring substituents is 1. The summed E-state index contributed by atoms with van der Waals surface area (Å²) in [5.41, 5.74) is 2.84. The minimum absolute atomic E-state index is 0.0285. The quantitative estimate of drug-likeness (QED) is 0.0570. The maximum atomic E-state index is 13.4. The van der Waals surface area contributed by atoms with Crippen LogP contribution in [0.25, 0.3) is 22.2 Å². The van der Waals surface area contributed by atoms with Crippen LogP contribution in [-0.2, 0) is 4.74 Å². The number of hydrogen-bond donors (Lipinski definition) is 0. The van der Waals surface area contributed by atoms with Crippen molar-refractivity contribution in [3.63, 3.8) is 0 Å². The van der Waals surface area contributed by atoms with Crippen molar-refractivity contribution < 1.29 is 28.8 Å². The molecule has 0 unspecified atom stereocenters. The molecule has 2 amide bonds. The Bertz CT molecular complexity index is 2080. The van der Waals surface area contributed by atoms with Gasteiger partial charge in [-0.3, -0.25) is 24.5 Å². The first-order valence-electron chi connectivity index (χ1n) is 13.4. The maximum Gasteiger partial charge on any atom is 0.339 e. The van der Waals surface area contributed by atoms with E-state index < -0.39 is 35.1 Å². The first-order valence-corrected chi connectivity index (χ1v) is 14.5. The number of carbonyl (C=O) groups is 4. The number of nitro benzene ring substituents is 1. The average Bonchev–Trinajstić information content (AvgIpc) is 3.31. The zero-order valence-electron chi connectivity index (χ0n) is 23.2. The van der Waals surface area contributed by atoms with Gasteiger partial charge in [-0.15, -0.1) is 0 Å². The predicted molar refractivity (Wildman–Crippen MR) is 170 cm³/mol. The molecule has 0 bridgehead atoms. The summed E-state index contributed by atoms with van der Waals surface area (Å²) in [7, 11) is 0. The molecule has 0 radical (unpaired) electrons. The van der Waals surface area contributed by atoms with E-state index in [0.29, 0.717) is 54.0 Å². The van der Waals surface area contributed by atoms with Crippen molar-refractivity contribution in [2.24, 2.45) is 0 Å². The van der Waals surface area contributed by atoms with Crippen LogP contribution in [0.1, 0.15) is 47.0 Å². The first kappa shape index (κ1) is 29.8. The molecular formula is C33H19BrClN3O7. The number of benzene rings is 4. The van der Waals surface area contributed by atoms with Crippen molar-refractivity contribution in [3.8, 4) is 11.3 Å². The molecule has 0 atom stereocenters. The largest absolute Gasteiger partial charge is 0.454 e. The summed E-state index contributed by atoms with van der Waals surface area (Å²) in [6, 6.07) is 21.5. The minimum atomic E-state index is -0.821. The molecule has 1 aliphatic heterocycles. The fourth-order valence-corrected chi connectivity index (χ4v) is 5.74. The lowest BCUT2D eigenvalue weighted by Crippen LogP contribution is -2.29. The summed E-state index contributed by atoms with van der Waals surface area (Å²) in [5, 5.41) is 11.9. The summed E-state index contributed by atoms with van der Waals surface area (Å²) >= 11 is 9.89. The molecule has 12 heteroatoms. The number of aromatic nitrogens is 1. The number of aryl methyl sites for hydroxylation is 1. The highest BCUT2D eigenvalue weighted by Gasteiger charge is 2.36. The third-order valence-electron chi connectivity index (χ3n) is 7.37. The lowest BCUT2D eigenvalue weighted by Gasteiger charge is -2.15. The molecule has 0 aliphatic carbocycles. The molecule has 6 rings (SSSR count). The molecule has 5 aromatic rings. The molecule has 2 heterocycles. The van der Waals surface area contributed by atoms with Gasteiger partial charge in [0.25, 0.3) is 17.5 Å². The zero-order valence-corrected chi connectivity index (χ0v) is 25.6. The maximum absolute atomic E-state index is 13.4. The average molecular weight is 685 g/mol. The van der Waals surface area contributed by atoms with Gasteiger partial charge in [-0.05, 0) is 64.8 Å². The second kappa shape index (κ2) is 11.7. The number of hydrogen-bond acceptors (Lipinski definition) is 8. The van der Waals surface area contributed by atoms with E-state index in [4.69, 9.17) is 21.3 Å². The molecule has 45 heavy (non-hydrogen) atoms. The van der Waals surface area contributed by atoms with Crippen LogP contribution in [0.2, 0.25) is 5.02 Å². The Morgan fingerprint density at radius 3 is 2.27 bits per heavy atom. The first-order chi connectivity index (χ1) is 21.5. The smallest absolute Gasteiger partial charge is 0.339 e. The van der Waals surface area contributed by atoms with Gasteiger partial charge in [-0.2, -0.15) is 0 Å². The number of Topliss-reactive ketones (excluding diaryl/α,β-unsaturated/α-hetero) is 1. The lowest BCUT2D eigenvalue weighted by atomic mass is 10.0. The van der Waals surface area contributed by atoms with Crippen molar-refractivity contribution in [2.45, 2.75) is 6.92 Å². The Kier molecular flexibility index (Phi) is 7.73. The molecule has 0 saturated heterocycles. The number of nitrogens with zero attached hydrogens (tertiary/aromatic N) is 3. The van der Waals surface area contributed by atoms with Gasteiger partial charge in [-0.25, -0.2) is 14.7 Å². The molecule has 222 valence electrons. The fourth-order valence-electron chi connectivity index (χ4n) is 5.07. The van der Waals surface area contributed by atoms with Gasteiger partial charge in [0.05, 0.1) is 43.5 Å². The second-order valence-corrected chi connectivity index (χ2v) is 11.3. The number of amides is 2. The topological polar surface area (TPSA) is 137 Å². The number of fused-ring (bicyclic) bond motifs is 2. The van der Waals surface area contributed by atoms with E-state index in [1.807, 2.05) is 0 Å². The molecular weight excluding hydrogens is 666 g/mol. The number of halogens is 2. The second-order valence-electron chi connectivity index (χ2n) is 10.1. The molecule has 1 aromatic heterocycles.